The molecule has 4 heteroatoms. The van der Waals surface area contributed by atoms with Crippen molar-refractivity contribution in [3.63, 3.8) is 0 Å². The number of aryl methyl sites for hydroxylation is 1. The molecule has 78 valence electrons. The molecule has 0 aliphatic carbocycles. The fourth-order valence-electron chi connectivity index (χ4n) is 0.926. The molecule has 0 aliphatic heterocycles. The normalized spacial score (nSPS) is 11.5. The molecule has 0 saturated heterocycles. The summed E-state index contributed by atoms with van der Waals surface area (Å²) in [5.74, 6) is -3.71. The Morgan fingerprint density at radius 3 is 2.57 bits per heavy atom. The number of halogens is 3. The van der Waals surface area contributed by atoms with Crippen molar-refractivity contribution < 1.29 is 17.9 Å². The number of hydrogen-bond donors (Lipinski definition) is 0. The first kappa shape index (κ1) is 10.9. The van der Waals surface area contributed by atoms with Crippen molar-refractivity contribution >= 4 is 0 Å². The molecular formula is C10H11F3O. The Kier molecular flexibility index (Phi) is 3.03. The summed E-state index contributed by atoms with van der Waals surface area (Å²) in [6.45, 7) is 1.64. The molecule has 0 unspecified atom stereocenters. The van der Waals surface area contributed by atoms with Crippen LogP contribution in [0, 0.1) is 12.7 Å². The van der Waals surface area contributed by atoms with Gasteiger partial charge in [-0.05, 0) is 24.6 Å². The molecule has 1 nitrogen and oxygen atoms in total. The molecule has 0 aliphatic rings. The molecule has 0 N–H and O–H groups in total. The van der Waals surface area contributed by atoms with Crippen molar-refractivity contribution in [1.29, 1.82) is 0 Å². The predicted molar refractivity (Wildman–Crippen MR) is 47.3 cm³/mol. The number of ether oxygens (including phenoxy) is 1. The Morgan fingerprint density at radius 1 is 1.36 bits per heavy atom. The van der Waals surface area contributed by atoms with Crippen LogP contribution in [0.15, 0.2) is 18.2 Å². The van der Waals surface area contributed by atoms with Crippen molar-refractivity contribution in [2.45, 2.75) is 19.8 Å². The zero-order valence-electron chi connectivity index (χ0n) is 7.98. The molecule has 1 aromatic rings. The molecule has 0 aromatic heterocycles. The molecule has 0 spiro atoms. The molecule has 0 bridgehead atoms. The van der Waals surface area contributed by atoms with E-state index in [0.717, 1.165) is 12.5 Å². The molecule has 0 amide bonds. The summed E-state index contributed by atoms with van der Waals surface area (Å²) in [5.41, 5.74) is 0.765. The molecule has 0 saturated carbocycles. The maximum absolute atomic E-state index is 13.0. The highest BCUT2D eigenvalue weighted by atomic mass is 19.3. The van der Waals surface area contributed by atoms with Crippen molar-refractivity contribution in [3.8, 4) is 5.75 Å². The minimum Gasteiger partial charge on any atom is -0.484 e. The van der Waals surface area contributed by atoms with E-state index in [4.69, 9.17) is 0 Å². The van der Waals surface area contributed by atoms with E-state index in [-0.39, 0.29) is 5.75 Å². The van der Waals surface area contributed by atoms with Crippen LogP contribution in [0.3, 0.4) is 0 Å². The van der Waals surface area contributed by atoms with Gasteiger partial charge in [0.1, 0.15) is 0 Å². The third-order valence-corrected chi connectivity index (χ3v) is 1.57. The number of alkyl halides is 2. The first-order valence-corrected chi connectivity index (χ1v) is 4.15. The topological polar surface area (TPSA) is 9.23 Å². The summed E-state index contributed by atoms with van der Waals surface area (Å²) in [4.78, 5) is 0. The number of benzene rings is 1. The number of rotatable bonds is 3. The standard InChI is InChI=1S/C10H11F3O/c1-7-3-4-8(11)9(5-7)14-6-10(2,12)13/h3-5H,6H2,1-2H3. The van der Waals surface area contributed by atoms with Gasteiger partial charge in [0.2, 0.25) is 0 Å². The molecule has 0 fully saturated rings. The van der Waals surface area contributed by atoms with Crippen molar-refractivity contribution in [2.24, 2.45) is 0 Å². The Bertz CT molecular complexity index is 318. The maximum atomic E-state index is 13.0. The van der Waals surface area contributed by atoms with E-state index in [1.165, 1.54) is 12.1 Å². The van der Waals surface area contributed by atoms with Crippen LogP contribution in [0.25, 0.3) is 0 Å². The smallest absolute Gasteiger partial charge is 0.278 e. The summed E-state index contributed by atoms with van der Waals surface area (Å²) in [6.07, 6.45) is 0. The van der Waals surface area contributed by atoms with Crippen LogP contribution in [-0.4, -0.2) is 12.5 Å². The molecule has 0 atom stereocenters. The van der Waals surface area contributed by atoms with E-state index in [2.05, 4.69) is 4.74 Å². The van der Waals surface area contributed by atoms with Crippen molar-refractivity contribution in [3.05, 3.63) is 29.6 Å². The quantitative estimate of drug-likeness (QED) is 0.734. The lowest BCUT2D eigenvalue weighted by molar-refractivity contribution is -0.0239. The highest BCUT2D eigenvalue weighted by Gasteiger charge is 2.22. The van der Waals surface area contributed by atoms with Gasteiger partial charge in [0.15, 0.2) is 18.2 Å². The van der Waals surface area contributed by atoms with Gasteiger partial charge in [0.05, 0.1) is 0 Å². The first-order chi connectivity index (χ1) is 6.38. The van der Waals surface area contributed by atoms with E-state index >= 15 is 0 Å². The fourth-order valence-corrected chi connectivity index (χ4v) is 0.926. The Balaban J connectivity index is 2.72. The van der Waals surface area contributed by atoms with Crippen LogP contribution in [0.2, 0.25) is 0 Å². The molecule has 1 rings (SSSR count). The lowest BCUT2D eigenvalue weighted by Crippen LogP contribution is -2.21. The zero-order valence-corrected chi connectivity index (χ0v) is 7.98. The predicted octanol–water partition coefficient (Wildman–Crippen LogP) is 3.17. The summed E-state index contributed by atoms with van der Waals surface area (Å²) < 4.78 is 42.4. The van der Waals surface area contributed by atoms with Gasteiger partial charge in [-0.2, -0.15) is 0 Å². The molecule has 0 radical (unpaired) electrons. The first-order valence-electron chi connectivity index (χ1n) is 4.15. The Labute approximate surface area is 80.5 Å². The summed E-state index contributed by atoms with van der Waals surface area (Å²) in [6, 6.07) is 4.13. The van der Waals surface area contributed by atoms with Gasteiger partial charge in [-0.25, -0.2) is 13.2 Å². The van der Waals surface area contributed by atoms with E-state index < -0.39 is 18.3 Å². The van der Waals surface area contributed by atoms with Crippen LogP contribution in [-0.2, 0) is 0 Å². The van der Waals surface area contributed by atoms with Gasteiger partial charge in [0, 0.05) is 6.92 Å². The van der Waals surface area contributed by atoms with E-state index in [1.54, 1.807) is 13.0 Å². The second-order valence-corrected chi connectivity index (χ2v) is 3.29. The average molecular weight is 204 g/mol. The summed E-state index contributed by atoms with van der Waals surface area (Å²) in [7, 11) is 0. The molecule has 1 aromatic carbocycles. The largest absolute Gasteiger partial charge is 0.484 e. The average Bonchev–Trinajstić information content (AvgIpc) is 2.05. The number of hydrogen-bond acceptors (Lipinski definition) is 1. The third kappa shape index (κ3) is 3.28. The van der Waals surface area contributed by atoms with Gasteiger partial charge in [0.25, 0.3) is 5.92 Å². The van der Waals surface area contributed by atoms with E-state index in [1.807, 2.05) is 0 Å². The minimum absolute atomic E-state index is 0.133. The second-order valence-electron chi connectivity index (χ2n) is 3.29. The van der Waals surface area contributed by atoms with Crippen LogP contribution >= 0.6 is 0 Å². The van der Waals surface area contributed by atoms with Crippen LogP contribution in [0.5, 0.6) is 5.75 Å². The SMILES string of the molecule is Cc1ccc(F)c(OCC(C)(F)F)c1. The van der Waals surface area contributed by atoms with Crippen molar-refractivity contribution in [1.82, 2.24) is 0 Å². The lowest BCUT2D eigenvalue weighted by atomic mass is 10.2. The van der Waals surface area contributed by atoms with Gasteiger partial charge >= 0.3 is 0 Å². The monoisotopic (exact) mass is 204 g/mol. The van der Waals surface area contributed by atoms with Gasteiger partial charge in [-0.1, -0.05) is 6.07 Å². The fraction of sp³-hybridized carbons (Fsp3) is 0.400. The second kappa shape index (κ2) is 3.90. The van der Waals surface area contributed by atoms with Gasteiger partial charge in [-0.15, -0.1) is 0 Å². The molecule has 0 heterocycles. The highest BCUT2D eigenvalue weighted by molar-refractivity contribution is 5.29. The van der Waals surface area contributed by atoms with Gasteiger partial charge < -0.3 is 4.74 Å². The lowest BCUT2D eigenvalue weighted by Gasteiger charge is -2.12. The summed E-state index contributed by atoms with van der Waals surface area (Å²) in [5, 5.41) is 0. The Hall–Kier alpha value is -1.19. The van der Waals surface area contributed by atoms with Crippen LogP contribution < -0.4 is 4.74 Å². The van der Waals surface area contributed by atoms with Crippen LogP contribution in [0.1, 0.15) is 12.5 Å². The minimum atomic E-state index is -2.95. The highest BCUT2D eigenvalue weighted by Crippen LogP contribution is 2.21. The third-order valence-electron chi connectivity index (χ3n) is 1.57. The van der Waals surface area contributed by atoms with E-state index in [0.29, 0.717) is 0 Å². The molecular weight excluding hydrogens is 193 g/mol. The van der Waals surface area contributed by atoms with E-state index in [9.17, 15) is 13.2 Å². The van der Waals surface area contributed by atoms with Crippen molar-refractivity contribution in [2.75, 3.05) is 6.61 Å². The molecule has 14 heavy (non-hydrogen) atoms. The van der Waals surface area contributed by atoms with Gasteiger partial charge in [-0.3, -0.25) is 0 Å². The zero-order chi connectivity index (χ0) is 10.8. The summed E-state index contributed by atoms with van der Waals surface area (Å²) >= 11 is 0. The Morgan fingerprint density at radius 2 is 2.00 bits per heavy atom. The maximum Gasteiger partial charge on any atom is 0.278 e. The van der Waals surface area contributed by atoms with Crippen LogP contribution in [0.4, 0.5) is 13.2 Å².